The molecule has 1 amide bonds. The smallest absolute Gasteiger partial charge is 0.337 e. The predicted octanol–water partition coefficient (Wildman–Crippen LogP) is 2.83. The Morgan fingerprint density at radius 2 is 1.82 bits per heavy atom. The molecule has 2 aromatic carbocycles. The molecular weight excluding hydrogens is 480 g/mol. The summed E-state index contributed by atoms with van der Waals surface area (Å²) < 4.78 is 43.0. The number of carbonyl (C=O) groups excluding carboxylic acids is 2. The number of hydrogen-bond acceptors (Lipinski definition) is 8. The van der Waals surface area contributed by atoms with Gasteiger partial charge in [0, 0.05) is 19.6 Å². The molecule has 0 unspecified atom stereocenters. The van der Waals surface area contributed by atoms with Crippen molar-refractivity contribution >= 4 is 43.3 Å². The Hall–Kier alpha value is -3.02. The van der Waals surface area contributed by atoms with Gasteiger partial charge in [-0.1, -0.05) is 11.3 Å². The standard InChI is InChI=1S/C23H26N2O7S2/c1-4-32-13-12-25-19-10-5-16(22(27)31-3)15-20(19)33-23(25)24-21(26)11-14-34(28,29)18-8-6-17(30-2)7-9-18/h5-10,15H,4,11-14H2,1-3H3. The second-order valence-electron chi connectivity index (χ2n) is 7.16. The number of nitrogens with zero attached hydrogens (tertiary/aromatic N) is 2. The van der Waals surface area contributed by atoms with Crippen LogP contribution in [-0.2, 0) is 30.7 Å². The molecule has 0 fully saturated rings. The Morgan fingerprint density at radius 1 is 1.09 bits per heavy atom. The fourth-order valence-corrected chi connectivity index (χ4v) is 5.55. The SMILES string of the molecule is CCOCCn1c(=NC(=O)CCS(=O)(=O)c2ccc(OC)cc2)sc2cc(C(=O)OC)ccc21. The van der Waals surface area contributed by atoms with Crippen molar-refractivity contribution in [1.29, 1.82) is 0 Å². The van der Waals surface area contributed by atoms with Gasteiger partial charge >= 0.3 is 5.97 Å². The number of carbonyl (C=O) groups is 2. The molecule has 182 valence electrons. The first kappa shape index (κ1) is 25.6. The zero-order valence-corrected chi connectivity index (χ0v) is 20.8. The minimum Gasteiger partial charge on any atom is -0.497 e. The highest BCUT2D eigenvalue weighted by Gasteiger charge is 2.17. The molecule has 34 heavy (non-hydrogen) atoms. The summed E-state index contributed by atoms with van der Waals surface area (Å²) in [6.45, 7) is 3.29. The van der Waals surface area contributed by atoms with Gasteiger partial charge in [-0.15, -0.1) is 0 Å². The number of hydrogen-bond donors (Lipinski definition) is 0. The van der Waals surface area contributed by atoms with Gasteiger partial charge in [0.15, 0.2) is 14.6 Å². The maximum Gasteiger partial charge on any atom is 0.337 e. The molecule has 0 N–H and O–H groups in total. The minimum atomic E-state index is -3.65. The first-order valence-electron chi connectivity index (χ1n) is 10.5. The van der Waals surface area contributed by atoms with Gasteiger partial charge in [0.25, 0.3) is 0 Å². The van der Waals surface area contributed by atoms with E-state index in [0.29, 0.717) is 35.9 Å². The summed E-state index contributed by atoms with van der Waals surface area (Å²) >= 11 is 1.23. The molecule has 1 heterocycles. The third-order valence-electron chi connectivity index (χ3n) is 4.99. The molecule has 3 aromatic rings. The van der Waals surface area contributed by atoms with E-state index in [2.05, 4.69) is 4.99 Å². The molecule has 11 heteroatoms. The van der Waals surface area contributed by atoms with Crippen molar-refractivity contribution in [3.63, 3.8) is 0 Å². The lowest BCUT2D eigenvalue weighted by Crippen LogP contribution is -2.20. The lowest BCUT2D eigenvalue weighted by atomic mass is 10.2. The predicted molar refractivity (Wildman–Crippen MR) is 128 cm³/mol. The van der Waals surface area contributed by atoms with Crippen molar-refractivity contribution in [3.05, 3.63) is 52.8 Å². The molecule has 1 aromatic heterocycles. The number of methoxy groups -OCH3 is 2. The summed E-state index contributed by atoms with van der Waals surface area (Å²) in [5.74, 6) is -0.837. The summed E-state index contributed by atoms with van der Waals surface area (Å²) in [5, 5.41) is 0. The summed E-state index contributed by atoms with van der Waals surface area (Å²) in [7, 11) is -0.851. The number of ether oxygens (including phenoxy) is 3. The van der Waals surface area contributed by atoms with Gasteiger partial charge in [-0.3, -0.25) is 4.79 Å². The van der Waals surface area contributed by atoms with Gasteiger partial charge in [-0.2, -0.15) is 4.99 Å². The fourth-order valence-electron chi connectivity index (χ4n) is 3.20. The van der Waals surface area contributed by atoms with Gasteiger partial charge < -0.3 is 18.8 Å². The number of rotatable bonds is 10. The van der Waals surface area contributed by atoms with Crippen LogP contribution in [0.25, 0.3) is 10.2 Å². The van der Waals surface area contributed by atoms with Crippen molar-refractivity contribution in [2.24, 2.45) is 4.99 Å². The highest BCUT2D eigenvalue weighted by atomic mass is 32.2. The van der Waals surface area contributed by atoms with Gasteiger partial charge in [0.05, 0.1) is 47.3 Å². The van der Waals surface area contributed by atoms with Crippen LogP contribution in [0.3, 0.4) is 0 Å². The molecule has 0 aliphatic heterocycles. The molecule has 0 aliphatic rings. The number of thiazole rings is 1. The first-order chi connectivity index (χ1) is 16.3. The lowest BCUT2D eigenvalue weighted by molar-refractivity contribution is -0.117. The number of benzene rings is 2. The van der Waals surface area contributed by atoms with E-state index >= 15 is 0 Å². The van der Waals surface area contributed by atoms with E-state index in [-0.39, 0.29) is 17.1 Å². The number of sulfone groups is 1. The highest BCUT2D eigenvalue weighted by Crippen LogP contribution is 2.20. The van der Waals surface area contributed by atoms with Gasteiger partial charge in [-0.05, 0) is 49.4 Å². The van der Waals surface area contributed by atoms with Crippen LogP contribution in [0.15, 0.2) is 52.4 Å². The average Bonchev–Trinajstić information content (AvgIpc) is 3.18. The molecule has 3 rings (SSSR count). The third-order valence-corrected chi connectivity index (χ3v) is 7.76. The minimum absolute atomic E-state index is 0.116. The quantitative estimate of drug-likeness (QED) is 0.307. The molecule has 0 aliphatic carbocycles. The average molecular weight is 507 g/mol. The topological polar surface area (TPSA) is 113 Å². The number of aromatic nitrogens is 1. The molecule has 0 bridgehead atoms. The van der Waals surface area contributed by atoms with Crippen LogP contribution >= 0.6 is 11.3 Å². The van der Waals surface area contributed by atoms with Crippen LogP contribution < -0.4 is 9.54 Å². The van der Waals surface area contributed by atoms with Crippen LogP contribution in [0, 0.1) is 0 Å². The second kappa shape index (κ2) is 11.4. The maximum atomic E-state index is 12.6. The van der Waals surface area contributed by atoms with Gasteiger partial charge in [0.1, 0.15) is 5.75 Å². The Labute approximate surface area is 201 Å². The van der Waals surface area contributed by atoms with Gasteiger partial charge in [-0.25, -0.2) is 13.2 Å². The van der Waals surface area contributed by atoms with Crippen LogP contribution in [0.4, 0.5) is 0 Å². The van der Waals surface area contributed by atoms with Crippen molar-refractivity contribution in [3.8, 4) is 5.75 Å². The summed E-state index contributed by atoms with van der Waals surface area (Å²) in [4.78, 5) is 29.2. The zero-order chi connectivity index (χ0) is 24.7. The largest absolute Gasteiger partial charge is 0.497 e. The maximum absolute atomic E-state index is 12.6. The van der Waals surface area contributed by atoms with Crippen LogP contribution in [0.1, 0.15) is 23.7 Å². The van der Waals surface area contributed by atoms with E-state index in [9.17, 15) is 18.0 Å². The number of esters is 1. The van der Waals surface area contributed by atoms with Crippen LogP contribution in [0.5, 0.6) is 5.75 Å². The fraction of sp³-hybridized carbons (Fsp3) is 0.348. The number of amides is 1. The molecule has 0 saturated carbocycles. The van der Waals surface area contributed by atoms with Crippen molar-refractivity contribution in [1.82, 2.24) is 4.57 Å². The Bertz CT molecular complexity index is 1340. The molecule has 0 spiro atoms. The molecule has 0 radical (unpaired) electrons. The lowest BCUT2D eigenvalue weighted by Gasteiger charge is -2.06. The molecular formula is C23H26N2O7S2. The Morgan fingerprint density at radius 3 is 2.47 bits per heavy atom. The molecule has 0 saturated heterocycles. The van der Waals surface area contributed by atoms with Crippen molar-refractivity contribution < 1.29 is 32.2 Å². The second-order valence-corrected chi connectivity index (χ2v) is 10.3. The molecule has 9 nitrogen and oxygen atoms in total. The summed E-state index contributed by atoms with van der Waals surface area (Å²) in [6.07, 6.45) is -0.262. The van der Waals surface area contributed by atoms with Crippen LogP contribution in [-0.4, -0.2) is 58.0 Å². The Kier molecular flexibility index (Phi) is 8.59. The zero-order valence-electron chi connectivity index (χ0n) is 19.1. The van der Waals surface area contributed by atoms with E-state index in [4.69, 9.17) is 14.2 Å². The summed E-state index contributed by atoms with van der Waals surface area (Å²) in [6, 6.07) is 11.1. The van der Waals surface area contributed by atoms with E-state index in [0.717, 1.165) is 10.2 Å². The van der Waals surface area contributed by atoms with Crippen molar-refractivity contribution in [2.45, 2.75) is 24.8 Å². The van der Waals surface area contributed by atoms with E-state index in [1.165, 1.54) is 37.7 Å². The first-order valence-corrected chi connectivity index (χ1v) is 13.0. The van der Waals surface area contributed by atoms with E-state index in [1.807, 2.05) is 11.5 Å². The van der Waals surface area contributed by atoms with Gasteiger partial charge in [0.2, 0.25) is 5.91 Å². The van der Waals surface area contributed by atoms with E-state index in [1.54, 1.807) is 30.3 Å². The van der Waals surface area contributed by atoms with E-state index < -0.39 is 21.7 Å². The third kappa shape index (κ3) is 6.10. The molecule has 0 atom stereocenters. The van der Waals surface area contributed by atoms with Crippen LogP contribution in [0.2, 0.25) is 0 Å². The normalized spacial score (nSPS) is 12.1. The van der Waals surface area contributed by atoms with Crippen molar-refractivity contribution in [2.75, 3.05) is 33.2 Å². The summed E-state index contributed by atoms with van der Waals surface area (Å²) in [5.41, 5.74) is 1.17. The Balaban J connectivity index is 1.86. The highest BCUT2D eigenvalue weighted by molar-refractivity contribution is 7.91. The number of fused-ring (bicyclic) bond motifs is 1. The monoisotopic (exact) mass is 506 g/mol.